The molecule has 4 heteroatoms. The molecule has 2 aromatic carbocycles. The molecule has 1 aliphatic carbocycles. The summed E-state index contributed by atoms with van der Waals surface area (Å²) in [6, 6.07) is 15.7. The van der Waals surface area contributed by atoms with Crippen molar-refractivity contribution in [2.45, 2.75) is 44.7 Å². The van der Waals surface area contributed by atoms with Crippen molar-refractivity contribution < 1.29 is 9.59 Å². The highest BCUT2D eigenvalue weighted by atomic mass is 16.2. The van der Waals surface area contributed by atoms with Gasteiger partial charge >= 0.3 is 0 Å². The minimum Gasteiger partial charge on any atom is -0.347 e. The number of anilines is 1. The van der Waals surface area contributed by atoms with E-state index >= 15 is 0 Å². The van der Waals surface area contributed by atoms with Crippen LogP contribution in [0.5, 0.6) is 0 Å². The van der Waals surface area contributed by atoms with Gasteiger partial charge in [0.2, 0.25) is 11.8 Å². The average Bonchev–Trinajstić information content (AvgIpc) is 3.02. The molecule has 0 fully saturated rings. The Balaban J connectivity index is 1.57. The van der Waals surface area contributed by atoms with Gasteiger partial charge in [0.25, 0.3) is 0 Å². The largest absolute Gasteiger partial charge is 0.347 e. The molecule has 4 nitrogen and oxygen atoms in total. The minimum absolute atomic E-state index is 0.0370. The highest BCUT2D eigenvalue weighted by Crippen LogP contribution is 2.34. The number of carbonyl (C=O) groups is 2. The molecule has 1 heterocycles. The van der Waals surface area contributed by atoms with E-state index in [-0.39, 0.29) is 17.9 Å². The fourth-order valence-electron chi connectivity index (χ4n) is 4.16. The van der Waals surface area contributed by atoms with Crippen molar-refractivity contribution >= 4 is 17.5 Å². The molecule has 2 unspecified atom stereocenters. The van der Waals surface area contributed by atoms with E-state index in [1.54, 1.807) is 4.90 Å². The van der Waals surface area contributed by atoms with E-state index in [0.717, 1.165) is 30.5 Å². The van der Waals surface area contributed by atoms with Crippen molar-refractivity contribution in [3.63, 3.8) is 0 Å². The predicted molar refractivity (Wildman–Crippen MR) is 97.4 cm³/mol. The molecule has 2 atom stereocenters. The number of rotatable bonds is 2. The van der Waals surface area contributed by atoms with Gasteiger partial charge in [0.05, 0.1) is 6.04 Å². The van der Waals surface area contributed by atoms with Crippen molar-refractivity contribution in [2.24, 2.45) is 0 Å². The van der Waals surface area contributed by atoms with E-state index in [4.69, 9.17) is 0 Å². The molecule has 2 aliphatic rings. The minimum atomic E-state index is -0.455. The molecule has 0 aromatic heterocycles. The van der Waals surface area contributed by atoms with Crippen molar-refractivity contribution in [3.8, 4) is 0 Å². The van der Waals surface area contributed by atoms with Crippen LogP contribution in [0.1, 0.15) is 42.5 Å². The number of fused-ring (bicyclic) bond motifs is 2. The molecule has 25 heavy (non-hydrogen) atoms. The molecule has 0 bridgehead atoms. The maximum absolute atomic E-state index is 13.0. The summed E-state index contributed by atoms with van der Waals surface area (Å²) in [6.07, 6.45) is 3.67. The zero-order valence-corrected chi connectivity index (χ0v) is 14.4. The van der Waals surface area contributed by atoms with E-state index in [2.05, 4.69) is 17.4 Å². The predicted octanol–water partition coefficient (Wildman–Crippen LogP) is 3.16. The summed E-state index contributed by atoms with van der Waals surface area (Å²) >= 11 is 0. The lowest BCUT2D eigenvalue weighted by molar-refractivity contribution is -0.126. The normalized spacial score (nSPS) is 21.4. The third kappa shape index (κ3) is 2.82. The Bertz CT molecular complexity index is 830. The highest BCUT2D eigenvalue weighted by molar-refractivity contribution is 6.02. The Morgan fingerprint density at radius 1 is 1.04 bits per heavy atom. The first-order valence-electron chi connectivity index (χ1n) is 8.91. The zero-order valence-electron chi connectivity index (χ0n) is 14.4. The second-order valence-corrected chi connectivity index (χ2v) is 6.89. The van der Waals surface area contributed by atoms with Crippen LogP contribution in [0.15, 0.2) is 48.5 Å². The van der Waals surface area contributed by atoms with Crippen LogP contribution in [0.25, 0.3) is 0 Å². The molecule has 1 aliphatic heterocycles. The first-order valence-corrected chi connectivity index (χ1v) is 8.91. The number of para-hydroxylation sites is 1. The van der Waals surface area contributed by atoms with Crippen molar-refractivity contribution in [2.75, 3.05) is 4.90 Å². The van der Waals surface area contributed by atoms with Crippen molar-refractivity contribution in [3.05, 3.63) is 65.2 Å². The second-order valence-electron chi connectivity index (χ2n) is 6.89. The topological polar surface area (TPSA) is 49.4 Å². The lowest BCUT2D eigenvalue weighted by atomic mass is 9.87. The molecule has 2 aromatic rings. The number of amides is 2. The standard InChI is InChI=1S/C21H22N2O2/c1-14(24)23-19-12-5-3-8-16(19)13-20(23)21(25)22-18-11-6-9-15-7-2-4-10-17(15)18/h2-5,7-8,10,12,18,20H,6,9,11,13H2,1H3,(H,22,25). The van der Waals surface area contributed by atoms with Crippen LogP contribution in [0.4, 0.5) is 5.69 Å². The lowest BCUT2D eigenvalue weighted by Crippen LogP contribution is -2.48. The molecular formula is C21H22N2O2. The lowest BCUT2D eigenvalue weighted by Gasteiger charge is -2.29. The van der Waals surface area contributed by atoms with Crippen LogP contribution in [0, 0.1) is 0 Å². The van der Waals surface area contributed by atoms with Gasteiger partial charge in [-0.2, -0.15) is 0 Å². The van der Waals surface area contributed by atoms with Crippen LogP contribution in [0.3, 0.4) is 0 Å². The zero-order chi connectivity index (χ0) is 17.4. The van der Waals surface area contributed by atoms with Gasteiger partial charge in [0, 0.05) is 19.0 Å². The highest BCUT2D eigenvalue weighted by Gasteiger charge is 2.37. The molecule has 0 radical (unpaired) electrons. The van der Waals surface area contributed by atoms with E-state index in [9.17, 15) is 9.59 Å². The second kappa shape index (κ2) is 6.36. The van der Waals surface area contributed by atoms with Crippen LogP contribution in [-0.4, -0.2) is 17.9 Å². The third-order valence-corrected chi connectivity index (χ3v) is 5.30. The van der Waals surface area contributed by atoms with Gasteiger partial charge in [0.15, 0.2) is 0 Å². The molecule has 128 valence electrons. The Kier molecular flexibility index (Phi) is 4.04. The number of benzene rings is 2. The summed E-state index contributed by atoms with van der Waals surface area (Å²) in [6.45, 7) is 1.53. The number of nitrogens with zero attached hydrogens (tertiary/aromatic N) is 1. The number of nitrogens with one attached hydrogen (secondary N) is 1. The fourth-order valence-corrected chi connectivity index (χ4v) is 4.16. The third-order valence-electron chi connectivity index (χ3n) is 5.30. The number of carbonyl (C=O) groups excluding carboxylic acids is 2. The Hall–Kier alpha value is -2.62. The van der Waals surface area contributed by atoms with Crippen LogP contribution in [-0.2, 0) is 22.4 Å². The summed E-state index contributed by atoms with van der Waals surface area (Å²) in [5.74, 6) is -0.151. The summed E-state index contributed by atoms with van der Waals surface area (Å²) in [7, 11) is 0. The van der Waals surface area contributed by atoms with E-state index in [1.807, 2.05) is 36.4 Å². The van der Waals surface area contributed by atoms with E-state index < -0.39 is 6.04 Å². The molecule has 0 spiro atoms. The maximum Gasteiger partial charge on any atom is 0.244 e. The van der Waals surface area contributed by atoms with E-state index in [1.165, 1.54) is 18.1 Å². The Morgan fingerprint density at radius 3 is 2.56 bits per heavy atom. The summed E-state index contributed by atoms with van der Waals surface area (Å²) < 4.78 is 0. The quantitative estimate of drug-likeness (QED) is 0.917. The first kappa shape index (κ1) is 15.9. The van der Waals surface area contributed by atoms with Crippen LogP contribution >= 0.6 is 0 Å². The average molecular weight is 334 g/mol. The number of hydrogen-bond acceptors (Lipinski definition) is 2. The van der Waals surface area contributed by atoms with Gasteiger partial charge in [-0.1, -0.05) is 42.5 Å². The van der Waals surface area contributed by atoms with Gasteiger partial charge in [-0.25, -0.2) is 0 Å². The number of aryl methyl sites for hydroxylation is 1. The number of hydrogen-bond donors (Lipinski definition) is 1. The molecule has 2 amide bonds. The summed E-state index contributed by atoms with van der Waals surface area (Å²) in [4.78, 5) is 26.8. The van der Waals surface area contributed by atoms with E-state index in [0.29, 0.717) is 6.42 Å². The fraction of sp³-hybridized carbons (Fsp3) is 0.333. The maximum atomic E-state index is 13.0. The Morgan fingerprint density at radius 2 is 1.76 bits per heavy atom. The van der Waals surface area contributed by atoms with Crippen molar-refractivity contribution in [1.29, 1.82) is 0 Å². The SMILES string of the molecule is CC(=O)N1c2ccccc2CC1C(=O)NC1CCCc2ccccc21. The van der Waals surface area contributed by atoms with Gasteiger partial charge in [0.1, 0.15) is 6.04 Å². The Labute approximate surface area is 147 Å². The smallest absolute Gasteiger partial charge is 0.244 e. The molecular weight excluding hydrogens is 312 g/mol. The molecule has 1 N–H and O–H groups in total. The molecule has 4 rings (SSSR count). The van der Waals surface area contributed by atoms with Gasteiger partial charge in [-0.15, -0.1) is 0 Å². The summed E-state index contributed by atoms with van der Waals surface area (Å²) in [5.41, 5.74) is 4.45. The monoisotopic (exact) mass is 334 g/mol. The summed E-state index contributed by atoms with van der Waals surface area (Å²) in [5, 5.41) is 3.20. The van der Waals surface area contributed by atoms with Crippen molar-refractivity contribution in [1.82, 2.24) is 5.32 Å². The van der Waals surface area contributed by atoms with Gasteiger partial charge in [-0.05, 0) is 42.0 Å². The molecule has 0 saturated carbocycles. The first-order chi connectivity index (χ1) is 12.1. The van der Waals surface area contributed by atoms with Gasteiger partial charge in [-0.3, -0.25) is 14.5 Å². The van der Waals surface area contributed by atoms with Crippen LogP contribution < -0.4 is 10.2 Å². The van der Waals surface area contributed by atoms with Gasteiger partial charge < -0.3 is 5.32 Å². The molecule has 0 saturated heterocycles. The van der Waals surface area contributed by atoms with Crippen LogP contribution in [0.2, 0.25) is 0 Å².